The van der Waals surface area contributed by atoms with E-state index in [1.807, 2.05) is 49.4 Å². The first kappa shape index (κ1) is 14.6. The van der Waals surface area contributed by atoms with Gasteiger partial charge in [-0.15, -0.1) is 0 Å². The molecule has 0 radical (unpaired) electrons. The summed E-state index contributed by atoms with van der Waals surface area (Å²) in [4.78, 5) is 14.1. The highest BCUT2D eigenvalue weighted by molar-refractivity contribution is 9.10. The quantitative estimate of drug-likeness (QED) is 0.872. The van der Waals surface area contributed by atoms with Crippen LogP contribution in [0.5, 0.6) is 0 Å². The Labute approximate surface area is 127 Å². The Morgan fingerprint density at radius 3 is 2.45 bits per heavy atom. The van der Waals surface area contributed by atoms with E-state index in [-0.39, 0.29) is 5.91 Å². The first-order valence-corrected chi connectivity index (χ1v) is 7.12. The van der Waals surface area contributed by atoms with E-state index in [0.29, 0.717) is 12.1 Å². The second-order valence-corrected chi connectivity index (χ2v) is 5.74. The van der Waals surface area contributed by atoms with Crippen LogP contribution in [0, 0.1) is 6.92 Å². The summed E-state index contributed by atoms with van der Waals surface area (Å²) in [6.45, 7) is 2.55. The fourth-order valence-electron chi connectivity index (χ4n) is 1.97. The van der Waals surface area contributed by atoms with Crippen molar-refractivity contribution < 1.29 is 4.79 Å². The summed E-state index contributed by atoms with van der Waals surface area (Å²) in [6, 6.07) is 13.3. The molecule has 2 rings (SSSR count). The molecule has 0 fully saturated rings. The van der Waals surface area contributed by atoms with E-state index >= 15 is 0 Å². The van der Waals surface area contributed by atoms with Gasteiger partial charge in [0.25, 0.3) is 5.91 Å². The molecule has 2 aromatic rings. The Balaban J connectivity index is 2.14. The van der Waals surface area contributed by atoms with Gasteiger partial charge in [-0.2, -0.15) is 0 Å². The highest BCUT2D eigenvalue weighted by Gasteiger charge is 2.15. The van der Waals surface area contributed by atoms with Crippen LogP contribution in [0.4, 0.5) is 5.69 Å². The predicted molar refractivity (Wildman–Crippen MR) is 85.5 cm³/mol. The monoisotopic (exact) mass is 332 g/mol. The maximum atomic E-state index is 12.4. The van der Waals surface area contributed by atoms with Crippen LogP contribution in [0.3, 0.4) is 0 Å². The molecule has 1 amide bonds. The summed E-state index contributed by atoms with van der Waals surface area (Å²) in [7, 11) is 1.80. The van der Waals surface area contributed by atoms with Gasteiger partial charge in [-0.25, -0.2) is 0 Å². The van der Waals surface area contributed by atoms with E-state index in [2.05, 4.69) is 15.9 Å². The van der Waals surface area contributed by atoms with Crippen molar-refractivity contribution in [1.29, 1.82) is 0 Å². The standard InChI is InChI=1S/C16H17BrN2O/c1-11-3-8-14(15(17)9-11)16(20)19(2)10-12-4-6-13(18)7-5-12/h3-9H,10,18H2,1-2H3. The molecule has 0 bridgehead atoms. The van der Waals surface area contributed by atoms with Crippen LogP contribution in [0.1, 0.15) is 21.5 Å². The van der Waals surface area contributed by atoms with Gasteiger partial charge in [-0.05, 0) is 58.2 Å². The maximum Gasteiger partial charge on any atom is 0.255 e. The number of nitrogen functional groups attached to an aromatic ring is 1. The first-order valence-electron chi connectivity index (χ1n) is 6.33. The van der Waals surface area contributed by atoms with E-state index in [4.69, 9.17) is 5.73 Å². The second kappa shape index (κ2) is 6.09. The van der Waals surface area contributed by atoms with Crippen LogP contribution < -0.4 is 5.73 Å². The zero-order valence-electron chi connectivity index (χ0n) is 11.6. The number of hydrogen-bond donors (Lipinski definition) is 1. The third-order valence-corrected chi connectivity index (χ3v) is 3.76. The number of anilines is 1. The number of rotatable bonds is 3. The smallest absolute Gasteiger partial charge is 0.255 e. The van der Waals surface area contributed by atoms with Crippen molar-refractivity contribution in [3.8, 4) is 0 Å². The van der Waals surface area contributed by atoms with Crippen molar-refractivity contribution in [2.75, 3.05) is 12.8 Å². The lowest BCUT2D eigenvalue weighted by Crippen LogP contribution is -2.26. The summed E-state index contributed by atoms with van der Waals surface area (Å²) in [6.07, 6.45) is 0. The molecule has 0 atom stereocenters. The molecule has 0 unspecified atom stereocenters. The van der Waals surface area contributed by atoms with Crippen molar-refractivity contribution >= 4 is 27.5 Å². The van der Waals surface area contributed by atoms with Gasteiger partial charge in [0.05, 0.1) is 5.56 Å². The number of carbonyl (C=O) groups is 1. The Hall–Kier alpha value is -1.81. The SMILES string of the molecule is Cc1ccc(C(=O)N(C)Cc2ccc(N)cc2)c(Br)c1. The Bertz CT molecular complexity index is 623. The molecule has 0 heterocycles. The summed E-state index contributed by atoms with van der Waals surface area (Å²) < 4.78 is 0.826. The molecule has 20 heavy (non-hydrogen) atoms. The lowest BCUT2D eigenvalue weighted by Gasteiger charge is -2.18. The van der Waals surface area contributed by atoms with Crippen LogP contribution in [-0.2, 0) is 6.54 Å². The van der Waals surface area contributed by atoms with Gasteiger partial charge in [0, 0.05) is 23.8 Å². The molecule has 0 aliphatic rings. The highest BCUT2D eigenvalue weighted by atomic mass is 79.9. The number of nitrogens with zero attached hydrogens (tertiary/aromatic N) is 1. The minimum absolute atomic E-state index is 0.00583. The van der Waals surface area contributed by atoms with Crippen LogP contribution in [0.15, 0.2) is 46.9 Å². The second-order valence-electron chi connectivity index (χ2n) is 4.89. The van der Waals surface area contributed by atoms with Crippen LogP contribution in [0.25, 0.3) is 0 Å². The van der Waals surface area contributed by atoms with Gasteiger partial charge >= 0.3 is 0 Å². The summed E-state index contributed by atoms with van der Waals surface area (Å²) >= 11 is 3.45. The fourth-order valence-corrected chi connectivity index (χ4v) is 2.63. The van der Waals surface area contributed by atoms with Crippen LogP contribution >= 0.6 is 15.9 Å². The normalized spacial score (nSPS) is 10.3. The summed E-state index contributed by atoms with van der Waals surface area (Å²) in [5.41, 5.74) is 9.23. The third kappa shape index (κ3) is 3.39. The third-order valence-electron chi connectivity index (χ3n) is 3.10. The van der Waals surface area contributed by atoms with E-state index in [1.54, 1.807) is 11.9 Å². The Morgan fingerprint density at radius 1 is 1.20 bits per heavy atom. The van der Waals surface area contributed by atoms with Gasteiger partial charge < -0.3 is 10.6 Å². The zero-order chi connectivity index (χ0) is 14.7. The van der Waals surface area contributed by atoms with Gasteiger partial charge in [-0.3, -0.25) is 4.79 Å². The highest BCUT2D eigenvalue weighted by Crippen LogP contribution is 2.20. The molecule has 2 N–H and O–H groups in total. The Morgan fingerprint density at radius 2 is 1.85 bits per heavy atom. The molecule has 3 nitrogen and oxygen atoms in total. The number of carbonyl (C=O) groups excluding carboxylic acids is 1. The molecule has 0 aliphatic carbocycles. The number of halogens is 1. The van der Waals surface area contributed by atoms with E-state index in [1.165, 1.54) is 0 Å². The molecule has 0 spiro atoms. The van der Waals surface area contributed by atoms with Crippen molar-refractivity contribution in [2.45, 2.75) is 13.5 Å². The number of hydrogen-bond acceptors (Lipinski definition) is 2. The maximum absolute atomic E-state index is 12.4. The van der Waals surface area contributed by atoms with E-state index < -0.39 is 0 Å². The molecular formula is C16H17BrN2O. The average molecular weight is 333 g/mol. The molecular weight excluding hydrogens is 316 g/mol. The average Bonchev–Trinajstić information content (AvgIpc) is 2.40. The lowest BCUT2D eigenvalue weighted by atomic mass is 10.1. The lowest BCUT2D eigenvalue weighted by molar-refractivity contribution is 0.0784. The van der Waals surface area contributed by atoms with Gasteiger partial charge in [0.2, 0.25) is 0 Å². The summed E-state index contributed by atoms with van der Waals surface area (Å²) in [5, 5.41) is 0. The van der Waals surface area contributed by atoms with Gasteiger partial charge in [0.1, 0.15) is 0 Å². The van der Waals surface area contributed by atoms with Crippen LogP contribution in [0.2, 0.25) is 0 Å². The molecule has 0 aromatic heterocycles. The minimum atomic E-state index is -0.00583. The molecule has 0 saturated heterocycles. The fraction of sp³-hybridized carbons (Fsp3) is 0.188. The number of aryl methyl sites for hydroxylation is 1. The molecule has 2 aromatic carbocycles. The predicted octanol–water partition coefficient (Wildman–Crippen LogP) is 3.61. The molecule has 0 saturated carbocycles. The van der Waals surface area contributed by atoms with Gasteiger partial charge in [-0.1, -0.05) is 18.2 Å². The van der Waals surface area contributed by atoms with Gasteiger partial charge in [0.15, 0.2) is 0 Å². The Kier molecular flexibility index (Phi) is 4.45. The van der Waals surface area contributed by atoms with Crippen molar-refractivity contribution in [3.63, 3.8) is 0 Å². The van der Waals surface area contributed by atoms with E-state index in [0.717, 1.165) is 21.3 Å². The van der Waals surface area contributed by atoms with Crippen LogP contribution in [-0.4, -0.2) is 17.9 Å². The van der Waals surface area contributed by atoms with E-state index in [9.17, 15) is 4.79 Å². The number of nitrogens with two attached hydrogens (primary N) is 1. The first-order chi connectivity index (χ1) is 9.47. The molecule has 104 valence electrons. The number of amides is 1. The van der Waals surface area contributed by atoms with Crippen molar-refractivity contribution in [1.82, 2.24) is 4.90 Å². The number of benzene rings is 2. The van der Waals surface area contributed by atoms with Crippen molar-refractivity contribution in [2.24, 2.45) is 0 Å². The topological polar surface area (TPSA) is 46.3 Å². The minimum Gasteiger partial charge on any atom is -0.399 e. The van der Waals surface area contributed by atoms with Crippen molar-refractivity contribution in [3.05, 3.63) is 63.6 Å². The summed E-state index contributed by atoms with van der Waals surface area (Å²) in [5.74, 6) is -0.00583. The zero-order valence-corrected chi connectivity index (χ0v) is 13.1. The molecule has 0 aliphatic heterocycles. The molecule has 4 heteroatoms. The largest absolute Gasteiger partial charge is 0.399 e.